The molecule has 3 rings (SSSR count). The molecule has 2 N–H and O–H groups in total. The molecule has 0 atom stereocenters. The molecule has 0 amide bonds. The van der Waals surface area contributed by atoms with E-state index in [9.17, 15) is 0 Å². The van der Waals surface area contributed by atoms with Crippen molar-refractivity contribution in [1.82, 2.24) is 30.2 Å². The topological polar surface area (TPSA) is 80.0 Å². The van der Waals surface area contributed by atoms with Crippen molar-refractivity contribution in [1.29, 1.82) is 0 Å². The number of aromatic nitrogens is 4. The molecule has 0 aliphatic heterocycles. The Morgan fingerprint density at radius 2 is 2.04 bits per heavy atom. The van der Waals surface area contributed by atoms with Gasteiger partial charge in [0.1, 0.15) is 11.6 Å². The van der Waals surface area contributed by atoms with Crippen molar-refractivity contribution in [3.05, 3.63) is 57.7 Å². The second-order valence-corrected chi connectivity index (χ2v) is 7.45. The monoisotopic (exact) mass is 383 g/mol. The minimum atomic E-state index is 0.562. The second-order valence-electron chi connectivity index (χ2n) is 6.16. The first kappa shape index (κ1) is 19.0. The van der Waals surface area contributed by atoms with E-state index in [1.165, 1.54) is 4.88 Å². The average molecular weight is 384 g/mol. The molecule has 142 valence electrons. The summed E-state index contributed by atoms with van der Waals surface area (Å²) in [5, 5.41) is 7.75. The second kappa shape index (κ2) is 8.77. The number of aliphatic imine (C=N–C) groups is 1. The van der Waals surface area contributed by atoms with Crippen LogP contribution in [-0.2, 0) is 13.1 Å². The molecule has 3 aromatic heterocycles. The summed E-state index contributed by atoms with van der Waals surface area (Å²) in [6.07, 6.45) is 5.54. The number of nitrogens with zero attached hydrogens (tertiary/aromatic N) is 5. The van der Waals surface area contributed by atoms with E-state index in [2.05, 4.69) is 37.5 Å². The minimum Gasteiger partial charge on any atom is -0.357 e. The maximum atomic E-state index is 4.66. The SMILES string of the molecule is CCNC(=NCc1ccc(-n2ccnc2C)nc1)NCc1sc(C)nc1C. The fourth-order valence-electron chi connectivity index (χ4n) is 2.69. The Bertz CT molecular complexity index is 909. The number of thiazole rings is 1. The van der Waals surface area contributed by atoms with Gasteiger partial charge in [-0.05, 0) is 39.3 Å². The number of rotatable bonds is 6. The zero-order valence-corrected chi connectivity index (χ0v) is 17.0. The van der Waals surface area contributed by atoms with Gasteiger partial charge in [-0.25, -0.2) is 19.9 Å². The molecule has 0 bridgehead atoms. The number of hydrogen-bond donors (Lipinski definition) is 2. The van der Waals surface area contributed by atoms with Crippen molar-refractivity contribution in [2.45, 2.75) is 40.8 Å². The van der Waals surface area contributed by atoms with Crippen LogP contribution in [0.1, 0.15) is 33.9 Å². The van der Waals surface area contributed by atoms with Gasteiger partial charge in [-0.1, -0.05) is 6.07 Å². The van der Waals surface area contributed by atoms with E-state index in [4.69, 9.17) is 0 Å². The fraction of sp³-hybridized carbons (Fsp3) is 0.368. The Hall–Kier alpha value is -2.74. The van der Waals surface area contributed by atoms with Crippen molar-refractivity contribution in [3.63, 3.8) is 0 Å². The zero-order valence-electron chi connectivity index (χ0n) is 16.2. The summed E-state index contributed by atoms with van der Waals surface area (Å²) in [5.41, 5.74) is 2.13. The first-order valence-electron chi connectivity index (χ1n) is 8.97. The largest absolute Gasteiger partial charge is 0.357 e. The van der Waals surface area contributed by atoms with Crippen LogP contribution in [0, 0.1) is 20.8 Å². The molecule has 8 heteroatoms. The lowest BCUT2D eigenvalue weighted by atomic mass is 10.3. The average Bonchev–Trinajstić information content (AvgIpc) is 3.22. The predicted molar refractivity (Wildman–Crippen MR) is 109 cm³/mol. The van der Waals surface area contributed by atoms with Gasteiger partial charge in [0.2, 0.25) is 0 Å². The molecule has 0 spiro atoms. The van der Waals surface area contributed by atoms with E-state index >= 15 is 0 Å². The summed E-state index contributed by atoms with van der Waals surface area (Å²) in [7, 11) is 0. The fourth-order valence-corrected chi connectivity index (χ4v) is 3.56. The van der Waals surface area contributed by atoms with E-state index < -0.39 is 0 Å². The Kier molecular flexibility index (Phi) is 6.18. The van der Waals surface area contributed by atoms with E-state index in [1.54, 1.807) is 17.5 Å². The van der Waals surface area contributed by atoms with Crippen LogP contribution in [-0.4, -0.2) is 32.0 Å². The van der Waals surface area contributed by atoms with Gasteiger partial charge in [0.15, 0.2) is 5.96 Å². The standard InChI is InChI=1S/C19H25N7S/c1-5-20-19(24-12-17-13(2)25-15(4)27-17)23-11-16-6-7-18(22-10-16)26-9-8-21-14(26)3/h6-10H,5,11-12H2,1-4H3,(H2,20,23,24). The molecule has 3 heterocycles. The molecule has 27 heavy (non-hydrogen) atoms. The molecular formula is C19H25N7S. The van der Waals surface area contributed by atoms with E-state index in [1.807, 2.05) is 49.9 Å². The summed E-state index contributed by atoms with van der Waals surface area (Å²) in [6, 6.07) is 4.04. The summed E-state index contributed by atoms with van der Waals surface area (Å²) >= 11 is 1.72. The van der Waals surface area contributed by atoms with Gasteiger partial charge in [0.05, 0.1) is 23.8 Å². The third-order valence-electron chi connectivity index (χ3n) is 4.06. The van der Waals surface area contributed by atoms with Crippen molar-refractivity contribution >= 4 is 17.3 Å². The number of hydrogen-bond acceptors (Lipinski definition) is 5. The van der Waals surface area contributed by atoms with E-state index in [0.29, 0.717) is 6.54 Å². The van der Waals surface area contributed by atoms with Crippen LogP contribution in [0.3, 0.4) is 0 Å². The van der Waals surface area contributed by atoms with Crippen LogP contribution < -0.4 is 10.6 Å². The third-order valence-corrected chi connectivity index (χ3v) is 5.13. The van der Waals surface area contributed by atoms with E-state index in [-0.39, 0.29) is 0 Å². The van der Waals surface area contributed by atoms with Gasteiger partial charge in [-0.15, -0.1) is 11.3 Å². The molecule has 0 unspecified atom stereocenters. The highest BCUT2D eigenvalue weighted by Gasteiger charge is 2.06. The van der Waals surface area contributed by atoms with Crippen LogP contribution in [0.25, 0.3) is 5.82 Å². The number of aryl methyl sites for hydroxylation is 3. The predicted octanol–water partition coefficient (Wildman–Crippen LogP) is 2.90. The Balaban J connectivity index is 1.64. The van der Waals surface area contributed by atoms with Crippen LogP contribution >= 0.6 is 11.3 Å². The lowest BCUT2D eigenvalue weighted by molar-refractivity contribution is 0.817. The molecule has 0 aromatic carbocycles. The molecule has 7 nitrogen and oxygen atoms in total. The highest BCUT2D eigenvalue weighted by atomic mass is 32.1. The number of imidazole rings is 1. The van der Waals surface area contributed by atoms with Gasteiger partial charge < -0.3 is 10.6 Å². The Morgan fingerprint density at radius 1 is 1.19 bits per heavy atom. The smallest absolute Gasteiger partial charge is 0.191 e. The lowest BCUT2D eigenvalue weighted by Crippen LogP contribution is -2.36. The minimum absolute atomic E-state index is 0.562. The van der Waals surface area contributed by atoms with Gasteiger partial charge in [0, 0.05) is 30.0 Å². The number of nitrogens with one attached hydrogen (secondary N) is 2. The van der Waals surface area contributed by atoms with E-state index in [0.717, 1.165) is 47.0 Å². The Morgan fingerprint density at radius 3 is 2.63 bits per heavy atom. The van der Waals surface area contributed by atoms with Crippen molar-refractivity contribution in [2.75, 3.05) is 6.54 Å². The number of guanidine groups is 1. The molecule has 0 saturated carbocycles. The van der Waals surface area contributed by atoms with Crippen molar-refractivity contribution in [2.24, 2.45) is 4.99 Å². The van der Waals surface area contributed by atoms with Crippen LogP contribution in [0.4, 0.5) is 0 Å². The highest BCUT2D eigenvalue weighted by Crippen LogP contribution is 2.16. The molecule has 0 radical (unpaired) electrons. The van der Waals surface area contributed by atoms with Gasteiger partial charge in [-0.2, -0.15) is 0 Å². The van der Waals surface area contributed by atoms with Gasteiger partial charge >= 0.3 is 0 Å². The summed E-state index contributed by atoms with van der Waals surface area (Å²) in [6.45, 7) is 10.2. The maximum absolute atomic E-state index is 4.66. The first-order chi connectivity index (χ1) is 13.1. The van der Waals surface area contributed by atoms with Crippen LogP contribution in [0.15, 0.2) is 35.7 Å². The molecule has 0 aliphatic rings. The summed E-state index contributed by atoms with van der Waals surface area (Å²) in [4.78, 5) is 19.1. The maximum Gasteiger partial charge on any atom is 0.191 e. The molecular weight excluding hydrogens is 358 g/mol. The normalized spacial score (nSPS) is 11.6. The van der Waals surface area contributed by atoms with Crippen molar-refractivity contribution in [3.8, 4) is 5.82 Å². The number of pyridine rings is 1. The van der Waals surface area contributed by atoms with Crippen LogP contribution in [0.2, 0.25) is 0 Å². The molecule has 0 aliphatic carbocycles. The first-order valence-corrected chi connectivity index (χ1v) is 9.78. The van der Waals surface area contributed by atoms with Crippen molar-refractivity contribution < 1.29 is 0 Å². The van der Waals surface area contributed by atoms with Gasteiger partial charge in [0.25, 0.3) is 0 Å². The molecule has 3 aromatic rings. The van der Waals surface area contributed by atoms with Gasteiger partial charge in [-0.3, -0.25) is 4.57 Å². The summed E-state index contributed by atoms with van der Waals surface area (Å²) < 4.78 is 1.96. The Labute approximate surface area is 163 Å². The lowest BCUT2D eigenvalue weighted by Gasteiger charge is -2.11. The third kappa shape index (κ3) is 4.91. The van der Waals surface area contributed by atoms with Crippen LogP contribution in [0.5, 0.6) is 0 Å². The zero-order chi connectivity index (χ0) is 19.2. The quantitative estimate of drug-likeness (QED) is 0.505. The molecule has 0 fully saturated rings. The summed E-state index contributed by atoms with van der Waals surface area (Å²) in [5.74, 6) is 2.57. The highest BCUT2D eigenvalue weighted by molar-refractivity contribution is 7.11. The molecule has 0 saturated heterocycles.